The Morgan fingerprint density at radius 1 is 1.45 bits per heavy atom. The van der Waals surface area contributed by atoms with Gasteiger partial charge in [0.2, 0.25) is 15.9 Å². The van der Waals surface area contributed by atoms with Gasteiger partial charge in [-0.05, 0) is 31.0 Å². The number of sulfonamides is 1. The molecule has 5 N–H and O–H groups in total. The minimum atomic E-state index is -3.78. The standard InChI is InChI=1S/C12H18N4O3S/c1-15-12(17)11-3-2-6-16(11)10-5-4-8(7-9(10)13)20(14,18)19/h4-5,7,11H,2-3,6,13H2,1H3,(H,15,17)(H2,14,18,19). The zero-order valence-electron chi connectivity index (χ0n) is 11.2. The molecule has 0 aromatic heterocycles. The number of hydrogen-bond acceptors (Lipinski definition) is 5. The first kappa shape index (κ1) is 14.6. The van der Waals surface area contributed by atoms with Crippen molar-refractivity contribution in [2.24, 2.45) is 5.14 Å². The molecule has 2 rings (SSSR count). The lowest BCUT2D eigenvalue weighted by molar-refractivity contribution is -0.121. The Bertz CT molecular complexity index is 630. The second kappa shape index (κ2) is 5.29. The van der Waals surface area contributed by atoms with Crippen LogP contribution in [0.5, 0.6) is 0 Å². The highest BCUT2D eigenvalue weighted by Crippen LogP contribution is 2.31. The van der Waals surface area contributed by atoms with Gasteiger partial charge in [0.1, 0.15) is 6.04 Å². The number of primary sulfonamides is 1. The molecule has 1 heterocycles. The highest BCUT2D eigenvalue weighted by atomic mass is 32.2. The van der Waals surface area contributed by atoms with Crippen LogP contribution in [-0.2, 0) is 14.8 Å². The summed E-state index contributed by atoms with van der Waals surface area (Å²) in [6, 6.07) is 4.04. The van der Waals surface area contributed by atoms with Crippen molar-refractivity contribution in [1.82, 2.24) is 5.32 Å². The van der Waals surface area contributed by atoms with Gasteiger partial charge in [-0.2, -0.15) is 0 Å². The number of benzene rings is 1. The molecule has 8 heteroatoms. The first-order chi connectivity index (χ1) is 9.34. The van der Waals surface area contributed by atoms with Gasteiger partial charge in [-0.1, -0.05) is 0 Å². The van der Waals surface area contributed by atoms with Crippen molar-refractivity contribution in [2.45, 2.75) is 23.8 Å². The number of rotatable bonds is 3. The maximum absolute atomic E-state index is 11.8. The van der Waals surface area contributed by atoms with Crippen LogP contribution in [0.3, 0.4) is 0 Å². The summed E-state index contributed by atoms with van der Waals surface area (Å²) in [5, 5.41) is 7.69. The number of amides is 1. The van der Waals surface area contributed by atoms with Crippen LogP contribution in [0.25, 0.3) is 0 Å². The van der Waals surface area contributed by atoms with Crippen molar-refractivity contribution in [3.63, 3.8) is 0 Å². The van der Waals surface area contributed by atoms with Gasteiger partial charge in [-0.25, -0.2) is 13.6 Å². The molecule has 1 atom stereocenters. The fraction of sp³-hybridized carbons (Fsp3) is 0.417. The second-order valence-electron chi connectivity index (χ2n) is 4.73. The molecule has 0 spiro atoms. The van der Waals surface area contributed by atoms with Gasteiger partial charge in [-0.15, -0.1) is 0 Å². The maximum atomic E-state index is 11.8. The minimum Gasteiger partial charge on any atom is -0.397 e. The summed E-state index contributed by atoms with van der Waals surface area (Å²) < 4.78 is 22.6. The second-order valence-corrected chi connectivity index (χ2v) is 6.29. The number of nitrogens with two attached hydrogens (primary N) is 2. The van der Waals surface area contributed by atoms with Crippen LogP contribution in [0, 0.1) is 0 Å². The van der Waals surface area contributed by atoms with Crippen molar-refractivity contribution in [1.29, 1.82) is 0 Å². The Hall–Kier alpha value is -1.80. The quantitative estimate of drug-likeness (QED) is 0.658. The highest BCUT2D eigenvalue weighted by molar-refractivity contribution is 7.89. The molecular weight excluding hydrogens is 280 g/mol. The number of nitrogens with one attached hydrogen (secondary N) is 1. The Morgan fingerprint density at radius 3 is 2.70 bits per heavy atom. The molecule has 20 heavy (non-hydrogen) atoms. The van der Waals surface area contributed by atoms with Crippen LogP contribution < -0.4 is 21.1 Å². The molecular formula is C12H18N4O3S. The summed E-state index contributed by atoms with van der Waals surface area (Å²) >= 11 is 0. The summed E-state index contributed by atoms with van der Waals surface area (Å²) in [7, 11) is -2.19. The number of hydrogen-bond donors (Lipinski definition) is 3. The number of anilines is 2. The van der Waals surface area contributed by atoms with E-state index in [1.807, 2.05) is 4.90 Å². The Morgan fingerprint density at radius 2 is 2.15 bits per heavy atom. The Balaban J connectivity index is 2.36. The average molecular weight is 298 g/mol. The first-order valence-corrected chi connectivity index (χ1v) is 7.80. The summed E-state index contributed by atoms with van der Waals surface area (Å²) in [6.07, 6.45) is 1.63. The molecule has 1 aromatic rings. The van der Waals surface area contributed by atoms with Crippen molar-refractivity contribution in [3.8, 4) is 0 Å². The molecule has 0 radical (unpaired) electrons. The number of likely N-dealkylation sites (N-methyl/N-ethyl adjacent to an activating group) is 1. The van der Waals surface area contributed by atoms with E-state index in [-0.39, 0.29) is 16.8 Å². The van der Waals surface area contributed by atoms with E-state index >= 15 is 0 Å². The summed E-state index contributed by atoms with van der Waals surface area (Å²) in [5.41, 5.74) is 6.86. The third-order valence-electron chi connectivity index (χ3n) is 3.44. The van der Waals surface area contributed by atoms with E-state index in [0.29, 0.717) is 17.9 Å². The van der Waals surface area contributed by atoms with Crippen molar-refractivity contribution >= 4 is 27.3 Å². The Labute approximate surface area is 118 Å². The molecule has 110 valence electrons. The lowest BCUT2D eigenvalue weighted by Crippen LogP contribution is -2.42. The topological polar surface area (TPSA) is 119 Å². The molecule has 0 saturated carbocycles. The van der Waals surface area contributed by atoms with Crippen LogP contribution >= 0.6 is 0 Å². The van der Waals surface area contributed by atoms with Gasteiger partial charge in [-0.3, -0.25) is 4.79 Å². The van der Waals surface area contributed by atoms with Crippen molar-refractivity contribution in [2.75, 3.05) is 24.2 Å². The molecule has 1 saturated heterocycles. The van der Waals surface area contributed by atoms with Crippen LogP contribution in [0.4, 0.5) is 11.4 Å². The number of carbonyl (C=O) groups excluding carboxylic acids is 1. The summed E-state index contributed by atoms with van der Waals surface area (Å²) in [4.78, 5) is 13.7. The van der Waals surface area contributed by atoms with Gasteiger partial charge in [0.05, 0.1) is 16.3 Å². The minimum absolute atomic E-state index is 0.0329. The lowest BCUT2D eigenvalue weighted by Gasteiger charge is -2.26. The molecule has 1 aliphatic rings. The van der Waals surface area contributed by atoms with E-state index in [2.05, 4.69) is 5.32 Å². The molecule has 0 aliphatic carbocycles. The van der Waals surface area contributed by atoms with Crippen LogP contribution in [0.15, 0.2) is 23.1 Å². The van der Waals surface area contributed by atoms with E-state index in [4.69, 9.17) is 10.9 Å². The normalized spacial score (nSPS) is 19.1. The van der Waals surface area contributed by atoms with E-state index in [1.165, 1.54) is 12.1 Å². The van der Waals surface area contributed by atoms with Crippen LogP contribution in [-0.4, -0.2) is 34.0 Å². The van der Waals surface area contributed by atoms with Gasteiger partial charge >= 0.3 is 0 Å². The van der Waals surface area contributed by atoms with E-state index in [0.717, 1.165) is 12.8 Å². The predicted molar refractivity (Wildman–Crippen MR) is 76.7 cm³/mol. The first-order valence-electron chi connectivity index (χ1n) is 6.25. The molecule has 1 unspecified atom stereocenters. The zero-order chi connectivity index (χ0) is 14.9. The fourth-order valence-electron chi connectivity index (χ4n) is 2.47. The summed E-state index contributed by atoms with van der Waals surface area (Å²) in [6.45, 7) is 0.705. The van der Waals surface area contributed by atoms with Crippen LogP contribution in [0.2, 0.25) is 0 Å². The van der Waals surface area contributed by atoms with Gasteiger partial charge < -0.3 is 16.0 Å². The third-order valence-corrected chi connectivity index (χ3v) is 4.35. The average Bonchev–Trinajstić information content (AvgIpc) is 2.85. The SMILES string of the molecule is CNC(=O)C1CCCN1c1ccc(S(N)(=O)=O)cc1N. The van der Waals surface area contributed by atoms with Gasteiger partial charge in [0.25, 0.3) is 0 Å². The van der Waals surface area contributed by atoms with E-state index in [9.17, 15) is 13.2 Å². The van der Waals surface area contributed by atoms with Crippen molar-refractivity contribution < 1.29 is 13.2 Å². The molecule has 1 fully saturated rings. The molecule has 1 amide bonds. The largest absolute Gasteiger partial charge is 0.397 e. The molecule has 1 aliphatic heterocycles. The van der Waals surface area contributed by atoms with Crippen molar-refractivity contribution in [3.05, 3.63) is 18.2 Å². The Kier molecular flexibility index (Phi) is 3.87. The zero-order valence-corrected chi connectivity index (χ0v) is 12.0. The fourth-order valence-corrected chi connectivity index (χ4v) is 3.01. The summed E-state index contributed by atoms with van der Waals surface area (Å²) in [5.74, 6) is -0.0718. The number of nitrogens with zero attached hydrogens (tertiary/aromatic N) is 1. The lowest BCUT2D eigenvalue weighted by atomic mass is 10.2. The molecule has 1 aromatic carbocycles. The number of nitrogen functional groups attached to an aromatic ring is 1. The van der Waals surface area contributed by atoms with Gasteiger partial charge in [0.15, 0.2) is 0 Å². The van der Waals surface area contributed by atoms with Crippen LogP contribution in [0.1, 0.15) is 12.8 Å². The van der Waals surface area contributed by atoms with E-state index in [1.54, 1.807) is 13.1 Å². The maximum Gasteiger partial charge on any atom is 0.242 e. The number of carbonyl (C=O) groups is 1. The predicted octanol–water partition coefficient (Wildman–Crippen LogP) is -0.369. The van der Waals surface area contributed by atoms with Gasteiger partial charge in [0, 0.05) is 13.6 Å². The van der Waals surface area contributed by atoms with E-state index < -0.39 is 10.0 Å². The smallest absolute Gasteiger partial charge is 0.242 e. The monoisotopic (exact) mass is 298 g/mol. The highest BCUT2D eigenvalue weighted by Gasteiger charge is 2.31. The third kappa shape index (κ3) is 2.70. The molecule has 0 bridgehead atoms. The molecule has 7 nitrogen and oxygen atoms in total.